The Kier molecular flexibility index (Phi) is 16.5. The van der Waals surface area contributed by atoms with E-state index in [-0.39, 0.29) is 24.2 Å². The number of aromatic amines is 2. The molecule has 4 aliphatic heterocycles. The van der Waals surface area contributed by atoms with Gasteiger partial charge in [0.2, 0.25) is 11.8 Å². The summed E-state index contributed by atoms with van der Waals surface area (Å²) in [7, 11) is 0. The van der Waals surface area contributed by atoms with Crippen LogP contribution in [0.5, 0.6) is 0 Å². The van der Waals surface area contributed by atoms with Crippen LogP contribution in [0.3, 0.4) is 0 Å². The highest BCUT2D eigenvalue weighted by molar-refractivity contribution is 5.86. The van der Waals surface area contributed by atoms with E-state index in [2.05, 4.69) is 106 Å². The van der Waals surface area contributed by atoms with Crippen molar-refractivity contribution >= 4 is 63.8 Å². The largest absolute Gasteiger partial charge is 0.444 e. The number of pyridine rings is 2. The summed E-state index contributed by atoms with van der Waals surface area (Å²) in [4.78, 5) is 62.6. The van der Waals surface area contributed by atoms with Gasteiger partial charge < -0.3 is 30.2 Å². The van der Waals surface area contributed by atoms with Crippen molar-refractivity contribution in [2.24, 2.45) is 11.8 Å². The second-order valence-electron chi connectivity index (χ2n) is 20.6. The molecule has 0 spiro atoms. The second kappa shape index (κ2) is 22.9. The zero-order valence-corrected chi connectivity index (χ0v) is 41.9. The van der Waals surface area contributed by atoms with E-state index < -0.39 is 11.7 Å². The highest BCUT2D eigenvalue weighted by Crippen LogP contribution is 2.36. The Bertz CT molecular complexity index is 2680. The molecular formula is C55H71ClN10O4. The number of nitrogens with zero attached hydrogens (tertiary/aromatic N) is 6. The molecule has 0 unspecified atom stereocenters. The van der Waals surface area contributed by atoms with E-state index in [1.54, 1.807) is 12.4 Å². The SMILES string of the molecule is CC(C)(C)OC(=O)Nc1cc(CN2CCC(C(=O)N3CCC(c4c[nH]c5ccccc45)CC3)CC2)ccn1.Cl.Nc1cc(CN2CCC(C(=O)N3CCC(c4c[nH]c5ccccc45)CC3)CC2)ccn1. The number of halogens is 1. The normalized spacial score (nSPS) is 18.3. The standard InChI is InChI=1S/C30H39N5O3.C25H31N5O.ClH/c1-30(2,3)38-29(37)33-27-18-21(8-13-31-27)20-34-14-9-23(10-15-34)28(36)35-16-11-22(12-17-35)25-19-32-26-7-5-4-6-24(25)26;26-24-15-18(5-10-27-24)17-29-11-6-20(7-12-29)25(31)30-13-8-19(9-14-30)22-16-28-23-4-2-1-3-21(22)23;/h4-8,13,18-19,22-23,32H,9-12,14-17,20H2,1-3H3,(H,31,33,37);1-5,10,15-16,19-20,28H,6-9,11-14,17H2,(H2,26,27);1H. The third kappa shape index (κ3) is 12.7. The van der Waals surface area contributed by atoms with E-state index in [0.29, 0.717) is 35.3 Å². The number of para-hydroxylation sites is 2. The van der Waals surface area contributed by atoms with E-state index in [4.69, 9.17) is 10.5 Å². The minimum Gasteiger partial charge on any atom is -0.444 e. The Morgan fingerprint density at radius 2 is 1.07 bits per heavy atom. The van der Waals surface area contributed by atoms with Crippen molar-refractivity contribution in [3.8, 4) is 0 Å². The van der Waals surface area contributed by atoms with E-state index in [9.17, 15) is 14.4 Å². The van der Waals surface area contributed by atoms with Gasteiger partial charge in [0.05, 0.1) is 0 Å². The first-order valence-electron chi connectivity index (χ1n) is 25.2. The number of benzene rings is 2. The zero-order chi connectivity index (χ0) is 47.9. The molecule has 15 heteroatoms. The maximum absolute atomic E-state index is 13.3. The average Bonchev–Trinajstić information content (AvgIpc) is 3.99. The van der Waals surface area contributed by atoms with Gasteiger partial charge in [-0.3, -0.25) is 24.7 Å². The average molecular weight is 972 g/mol. The van der Waals surface area contributed by atoms with Crippen molar-refractivity contribution < 1.29 is 19.1 Å². The van der Waals surface area contributed by atoms with Gasteiger partial charge in [0.1, 0.15) is 17.2 Å². The molecule has 14 nitrogen and oxygen atoms in total. The molecule has 372 valence electrons. The van der Waals surface area contributed by atoms with Crippen LogP contribution in [0.15, 0.2) is 97.6 Å². The van der Waals surface area contributed by atoms with Gasteiger partial charge in [-0.2, -0.15) is 0 Å². The summed E-state index contributed by atoms with van der Waals surface area (Å²) in [6.45, 7) is 14.3. The lowest BCUT2D eigenvalue weighted by Crippen LogP contribution is -2.45. The Labute approximate surface area is 418 Å². The van der Waals surface area contributed by atoms with E-state index in [1.807, 2.05) is 45.0 Å². The monoisotopic (exact) mass is 971 g/mol. The summed E-state index contributed by atoms with van der Waals surface area (Å²) in [5.41, 5.74) is 12.7. The van der Waals surface area contributed by atoms with Crippen LogP contribution < -0.4 is 11.1 Å². The number of rotatable bonds is 9. The Morgan fingerprint density at radius 1 is 0.629 bits per heavy atom. The number of H-pyrrole nitrogens is 2. The van der Waals surface area contributed by atoms with Crippen molar-refractivity contribution in [3.63, 3.8) is 0 Å². The van der Waals surface area contributed by atoms with Crippen molar-refractivity contribution in [2.45, 2.75) is 103 Å². The van der Waals surface area contributed by atoms with Crippen LogP contribution in [0.25, 0.3) is 21.8 Å². The minimum atomic E-state index is -0.559. The molecular weight excluding hydrogens is 900 g/mol. The lowest BCUT2D eigenvalue weighted by molar-refractivity contribution is -0.139. The van der Waals surface area contributed by atoms with Gasteiger partial charge in [0.25, 0.3) is 0 Å². The van der Waals surface area contributed by atoms with Gasteiger partial charge in [0.15, 0.2) is 0 Å². The number of piperidine rings is 4. The fourth-order valence-corrected chi connectivity index (χ4v) is 11.0. The predicted octanol–water partition coefficient (Wildman–Crippen LogP) is 9.71. The summed E-state index contributed by atoms with van der Waals surface area (Å²) >= 11 is 0. The summed E-state index contributed by atoms with van der Waals surface area (Å²) in [5, 5.41) is 5.35. The zero-order valence-electron chi connectivity index (χ0n) is 41.1. The quantitative estimate of drug-likeness (QED) is 0.110. The number of nitrogens with two attached hydrogens (primary N) is 1. The maximum atomic E-state index is 13.3. The van der Waals surface area contributed by atoms with Crippen LogP contribution in [0, 0.1) is 11.8 Å². The van der Waals surface area contributed by atoms with Crippen molar-refractivity contribution in [1.29, 1.82) is 0 Å². The summed E-state index contributed by atoms with van der Waals surface area (Å²) in [6.07, 6.45) is 15.1. The molecule has 5 N–H and O–H groups in total. The molecule has 3 amide bonds. The number of likely N-dealkylation sites (tertiary alicyclic amines) is 4. The molecule has 4 fully saturated rings. The number of hydrogen-bond donors (Lipinski definition) is 4. The highest BCUT2D eigenvalue weighted by atomic mass is 35.5. The molecule has 0 radical (unpaired) electrons. The number of nitrogens with one attached hydrogen (secondary N) is 3. The van der Waals surface area contributed by atoms with Crippen molar-refractivity contribution in [2.75, 3.05) is 63.4 Å². The number of hydrogen-bond acceptors (Lipinski definition) is 9. The number of carbonyl (C=O) groups excluding carboxylic acids is 3. The Morgan fingerprint density at radius 3 is 1.53 bits per heavy atom. The molecule has 4 saturated heterocycles. The molecule has 10 rings (SSSR count). The number of amides is 3. The van der Waals surface area contributed by atoms with Crippen LogP contribution in [0.4, 0.5) is 16.4 Å². The first kappa shape index (κ1) is 50.4. The van der Waals surface area contributed by atoms with Gasteiger partial charge in [-0.05, 0) is 169 Å². The Balaban J connectivity index is 0.000000189. The van der Waals surface area contributed by atoms with Crippen LogP contribution in [0.2, 0.25) is 0 Å². The van der Waals surface area contributed by atoms with Gasteiger partial charge in [-0.25, -0.2) is 14.8 Å². The lowest BCUT2D eigenvalue weighted by Gasteiger charge is -2.37. The molecule has 4 aromatic heterocycles. The number of ether oxygens (including phenoxy) is 1. The topological polar surface area (TPSA) is 169 Å². The fourth-order valence-electron chi connectivity index (χ4n) is 11.0. The predicted molar refractivity (Wildman–Crippen MR) is 280 cm³/mol. The number of fused-ring (bicyclic) bond motifs is 2. The van der Waals surface area contributed by atoms with Gasteiger partial charge in [0, 0.05) is 97.7 Å². The third-order valence-electron chi connectivity index (χ3n) is 14.7. The minimum absolute atomic E-state index is 0. The van der Waals surface area contributed by atoms with Crippen molar-refractivity contribution in [3.05, 3.63) is 120 Å². The van der Waals surface area contributed by atoms with Gasteiger partial charge in [-0.15, -0.1) is 12.4 Å². The summed E-state index contributed by atoms with van der Waals surface area (Å²) < 4.78 is 5.32. The van der Waals surface area contributed by atoms with E-state index in [1.165, 1.54) is 38.5 Å². The molecule has 0 aliphatic carbocycles. The second-order valence-corrected chi connectivity index (χ2v) is 20.6. The van der Waals surface area contributed by atoms with E-state index >= 15 is 0 Å². The van der Waals surface area contributed by atoms with Crippen LogP contribution in [0.1, 0.15) is 106 Å². The number of aromatic nitrogens is 4. The van der Waals surface area contributed by atoms with E-state index in [0.717, 1.165) is 122 Å². The molecule has 0 saturated carbocycles. The molecule has 6 aromatic rings. The first-order chi connectivity index (χ1) is 33.4. The molecule has 2 aromatic carbocycles. The first-order valence-corrected chi connectivity index (χ1v) is 25.2. The maximum Gasteiger partial charge on any atom is 0.413 e. The molecule has 4 aliphatic rings. The summed E-state index contributed by atoms with van der Waals surface area (Å²) in [6, 6.07) is 24.8. The third-order valence-corrected chi connectivity index (χ3v) is 14.7. The van der Waals surface area contributed by atoms with Gasteiger partial charge in [-0.1, -0.05) is 36.4 Å². The number of anilines is 2. The van der Waals surface area contributed by atoms with Gasteiger partial charge >= 0.3 is 6.09 Å². The summed E-state index contributed by atoms with van der Waals surface area (Å²) in [5.74, 6) is 3.07. The van der Waals surface area contributed by atoms with Crippen LogP contribution >= 0.6 is 12.4 Å². The van der Waals surface area contributed by atoms with Crippen molar-refractivity contribution in [1.82, 2.24) is 39.5 Å². The lowest BCUT2D eigenvalue weighted by atomic mass is 9.88. The molecule has 0 atom stereocenters. The molecule has 0 bridgehead atoms. The highest BCUT2D eigenvalue weighted by Gasteiger charge is 2.34. The fraction of sp³-hybridized carbons (Fsp3) is 0.473. The van der Waals surface area contributed by atoms with Crippen LogP contribution in [-0.2, 0) is 27.4 Å². The molecule has 8 heterocycles. The number of carbonyl (C=O) groups is 3. The smallest absolute Gasteiger partial charge is 0.413 e. The van der Waals surface area contributed by atoms with Crippen LogP contribution in [-0.4, -0.2) is 115 Å². The molecule has 70 heavy (non-hydrogen) atoms. The Hall–Kier alpha value is -5.96. The number of nitrogen functional groups attached to an aromatic ring is 1.